The fourth-order valence-corrected chi connectivity index (χ4v) is 3.41. The number of benzene rings is 2. The molecule has 0 aromatic heterocycles. The molecule has 7 heteroatoms. The molecule has 144 valence electrons. The standard InChI is InChI=1S/C20H22ClNO5/c1-24-14-6-4-13(5-7-14)8-9-22-10-11-27-19-16(22)12-15(21)18(25-2)17(19)20(23)26-3/h4-7,12H,8-11H2,1-3H3. The molecular weight excluding hydrogens is 370 g/mol. The quantitative estimate of drug-likeness (QED) is 0.701. The van der Waals surface area contributed by atoms with Crippen molar-refractivity contribution >= 4 is 23.3 Å². The van der Waals surface area contributed by atoms with E-state index in [0.717, 1.165) is 24.4 Å². The molecule has 0 N–H and O–H groups in total. The van der Waals surface area contributed by atoms with Crippen molar-refractivity contribution in [1.82, 2.24) is 0 Å². The normalized spacial score (nSPS) is 12.8. The highest BCUT2D eigenvalue weighted by molar-refractivity contribution is 6.33. The second kappa shape index (κ2) is 8.39. The van der Waals surface area contributed by atoms with Gasteiger partial charge in [-0.15, -0.1) is 0 Å². The molecule has 2 aromatic carbocycles. The van der Waals surface area contributed by atoms with Crippen LogP contribution in [0.15, 0.2) is 30.3 Å². The average Bonchev–Trinajstić information content (AvgIpc) is 2.71. The molecule has 0 amide bonds. The van der Waals surface area contributed by atoms with Crippen LogP contribution in [-0.2, 0) is 11.2 Å². The first-order valence-electron chi connectivity index (χ1n) is 8.58. The smallest absolute Gasteiger partial charge is 0.345 e. The summed E-state index contributed by atoms with van der Waals surface area (Å²) in [7, 11) is 4.43. The fourth-order valence-electron chi connectivity index (χ4n) is 3.14. The summed E-state index contributed by atoms with van der Waals surface area (Å²) in [6, 6.07) is 9.75. The summed E-state index contributed by atoms with van der Waals surface area (Å²) >= 11 is 6.35. The van der Waals surface area contributed by atoms with Crippen LogP contribution in [0.4, 0.5) is 5.69 Å². The Labute approximate surface area is 163 Å². The molecular formula is C20H22ClNO5. The van der Waals surface area contributed by atoms with E-state index in [9.17, 15) is 4.79 Å². The Bertz CT molecular complexity index is 822. The minimum atomic E-state index is -0.539. The lowest BCUT2D eigenvalue weighted by atomic mass is 10.1. The van der Waals surface area contributed by atoms with Crippen LogP contribution in [0.3, 0.4) is 0 Å². The molecule has 0 saturated carbocycles. The van der Waals surface area contributed by atoms with Crippen LogP contribution in [0.5, 0.6) is 17.2 Å². The van der Waals surface area contributed by atoms with E-state index in [2.05, 4.69) is 4.90 Å². The molecule has 0 fully saturated rings. The number of fused-ring (bicyclic) bond motifs is 1. The number of nitrogens with zero attached hydrogens (tertiary/aromatic N) is 1. The van der Waals surface area contributed by atoms with Gasteiger partial charge in [-0.1, -0.05) is 23.7 Å². The number of halogens is 1. The van der Waals surface area contributed by atoms with Gasteiger partial charge in [0.25, 0.3) is 0 Å². The Hall–Kier alpha value is -2.60. The number of hydrogen-bond donors (Lipinski definition) is 0. The number of methoxy groups -OCH3 is 3. The molecule has 1 aliphatic rings. The monoisotopic (exact) mass is 391 g/mol. The van der Waals surface area contributed by atoms with Gasteiger partial charge in [0.1, 0.15) is 17.9 Å². The number of ether oxygens (including phenoxy) is 4. The number of carbonyl (C=O) groups excluding carboxylic acids is 1. The maximum atomic E-state index is 12.3. The van der Waals surface area contributed by atoms with Gasteiger partial charge in [-0.25, -0.2) is 4.79 Å². The summed E-state index contributed by atoms with van der Waals surface area (Å²) < 4.78 is 21.2. The molecule has 0 unspecified atom stereocenters. The van der Waals surface area contributed by atoms with Crippen molar-refractivity contribution < 1.29 is 23.7 Å². The molecule has 0 bridgehead atoms. The number of carbonyl (C=O) groups is 1. The van der Waals surface area contributed by atoms with Crippen LogP contribution in [0.2, 0.25) is 5.02 Å². The first-order valence-corrected chi connectivity index (χ1v) is 8.96. The van der Waals surface area contributed by atoms with E-state index < -0.39 is 5.97 Å². The third-order valence-electron chi connectivity index (χ3n) is 4.54. The van der Waals surface area contributed by atoms with Crippen molar-refractivity contribution in [3.8, 4) is 17.2 Å². The maximum Gasteiger partial charge on any atom is 0.345 e. The molecule has 6 nitrogen and oxygen atoms in total. The molecule has 2 aromatic rings. The highest BCUT2D eigenvalue weighted by Gasteiger charge is 2.30. The Morgan fingerprint density at radius 1 is 1.19 bits per heavy atom. The molecule has 0 radical (unpaired) electrons. The molecule has 0 spiro atoms. The van der Waals surface area contributed by atoms with Gasteiger partial charge < -0.3 is 23.8 Å². The zero-order valence-corrected chi connectivity index (χ0v) is 16.3. The summed E-state index contributed by atoms with van der Waals surface area (Å²) in [6.07, 6.45) is 0.834. The zero-order chi connectivity index (χ0) is 19.4. The molecule has 1 heterocycles. The Kier molecular flexibility index (Phi) is 5.96. The van der Waals surface area contributed by atoms with Gasteiger partial charge in [-0.3, -0.25) is 0 Å². The lowest BCUT2D eigenvalue weighted by molar-refractivity contribution is 0.0591. The van der Waals surface area contributed by atoms with Crippen LogP contribution in [0.1, 0.15) is 15.9 Å². The van der Waals surface area contributed by atoms with E-state index in [-0.39, 0.29) is 11.3 Å². The fraction of sp³-hybridized carbons (Fsp3) is 0.350. The number of esters is 1. The van der Waals surface area contributed by atoms with Crippen molar-refractivity contribution in [3.05, 3.63) is 46.5 Å². The van der Waals surface area contributed by atoms with Crippen molar-refractivity contribution in [2.24, 2.45) is 0 Å². The number of hydrogen-bond acceptors (Lipinski definition) is 6. The van der Waals surface area contributed by atoms with E-state index in [1.807, 2.05) is 24.3 Å². The van der Waals surface area contributed by atoms with Crippen LogP contribution in [-0.4, -0.2) is 47.0 Å². The minimum Gasteiger partial charge on any atom is -0.497 e. The maximum absolute atomic E-state index is 12.3. The Morgan fingerprint density at radius 3 is 2.56 bits per heavy atom. The van der Waals surface area contributed by atoms with Gasteiger partial charge in [0.05, 0.1) is 38.6 Å². The van der Waals surface area contributed by atoms with E-state index in [4.69, 9.17) is 30.5 Å². The van der Waals surface area contributed by atoms with Gasteiger partial charge in [-0.2, -0.15) is 0 Å². The van der Waals surface area contributed by atoms with Crippen LogP contribution in [0, 0.1) is 0 Å². The third kappa shape index (κ3) is 3.90. The lowest BCUT2D eigenvalue weighted by Gasteiger charge is -2.33. The average molecular weight is 392 g/mol. The Balaban J connectivity index is 1.88. The number of rotatable bonds is 6. The second-order valence-electron chi connectivity index (χ2n) is 6.04. The van der Waals surface area contributed by atoms with E-state index in [1.165, 1.54) is 19.8 Å². The molecule has 0 saturated heterocycles. The minimum absolute atomic E-state index is 0.219. The molecule has 27 heavy (non-hydrogen) atoms. The molecule has 0 atom stereocenters. The van der Waals surface area contributed by atoms with Crippen molar-refractivity contribution in [2.45, 2.75) is 6.42 Å². The summed E-state index contributed by atoms with van der Waals surface area (Å²) in [5, 5.41) is 0.344. The topological polar surface area (TPSA) is 57.2 Å². The van der Waals surface area contributed by atoms with Crippen LogP contribution >= 0.6 is 11.6 Å². The van der Waals surface area contributed by atoms with Crippen LogP contribution < -0.4 is 19.1 Å². The molecule has 3 rings (SSSR count). The first-order chi connectivity index (χ1) is 13.1. The third-order valence-corrected chi connectivity index (χ3v) is 4.82. The highest BCUT2D eigenvalue weighted by Crippen LogP contribution is 2.45. The van der Waals surface area contributed by atoms with Crippen molar-refractivity contribution in [3.63, 3.8) is 0 Å². The van der Waals surface area contributed by atoms with Gasteiger partial charge in [0.15, 0.2) is 11.5 Å². The highest BCUT2D eigenvalue weighted by atomic mass is 35.5. The summed E-state index contributed by atoms with van der Waals surface area (Å²) in [5.74, 6) is 1.00. The largest absolute Gasteiger partial charge is 0.497 e. The second-order valence-corrected chi connectivity index (χ2v) is 6.45. The summed E-state index contributed by atoms with van der Waals surface area (Å²) in [4.78, 5) is 14.4. The van der Waals surface area contributed by atoms with Crippen molar-refractivity contribution in [1.29, 1.82) is 0 Å². The summed E-state index contributed by atoms with van der Waals surface area (Å²) in [6.45, 7) is 1.92. The zero-order valence-electron chi connectivity index (χ0n) is 15.6. The van der Waals surface area contributed by atoms with Gasteiger partial charge in [0.2, 0.25) is 0 Å². The van der Waals surface area contributed by atoms with E-state index in [0.29, 0.717) is 23.9 Å². The predicted molar refractivity (Wildman–Crippen MR) is 104 cm³/mol. The predicted octanol–water partition coefficient (Wildman–Crippen LogP) is 3.59. The van der Waals surface area contributed by atoms with E-state index in [1.54, 1.807) is 13.2 Å². The van der Waals surface area contributed by atoms with E-state index >= 15 is 0 Å². The Morgan fingerprint density at radius 2 is 1.93 bits per heavy atom. The lowest BCUT2D eigenvalue weighted by Crippen LogP contribution is -2.35. The van der Waals surface area contributed by atoms with Crippen molar-refractivity contribution in [2.75, 3.05) is 45.9 Å². The first kappa shape index (κ1) is 19.2. The van der Waals surface area contributed by atoms with Gasteiger partial charge >= 0.3 is 5.97 Å². The van der Waals surface area contributed by atoms with Gasteiger partial charge in [-0.05, 0) is 30.2 Å². The molecule has 0 aliphatic carbocycles. The van der Waals surface area contributed by atoms with Crippen LogP contribution in [0.25, 0.3) is 0 Å². The molecule has 1 aliphatic heterocycles. The summed E-state index contributed by atoms with van der Waals surface area (Å²) in [5.41, 5.74) is 2.18. The van der Waals surface area contributed by atoms with Gasteiger partial charge in [0, 0.05) is 6.54 Å². The SMILES string of the molecule is COC(=O)c1c(OC)c(Cl)cc2c1OCCN2CCc1ccc(OC)cc1. The number of anilines is 1.